The standard InChI is InChI=1S/C15H20N3OP/c1-10-7-6-8-13(14(10)20(4,5)19)18-15-11(2)9-16-12(3)17-15/h6-9H,1-5H3,(H,16,17,18). The number of aromatic nitrogens is 2. The Morgan fingerprint density at radius 3 is 2.45 bits per heavy atom. The van der Waals surface area contributed by atoms with Gasteiger partial charge in [-0.3, -0.25) is 0 Å². The van der Waals surface area contributed by atoms with E-state index in [1.165, 1.54) is 0 Å². The summed E-state index contributed by atoms with van der Waals surface area (Å²) in [5.41, 5.74) is 2.86. The van der Waals surface area contributed by atoms with Gasteiger partial charge in [0.1, 0.15) is 18.8 Å². The van der Waals surface area contributed by atoms with Crippen LogP contribution in [-0.2, 0) is 4.57 Å². The average molecular weight is 289 g/mol. The molecule has 0 atom stereocenters. The van der Waals surface area contributed by atoms with E-state index in [1.807, 2.05) is 39.0 Å². The Morgan fingerprint density at radius 1 is 1.10 bits per heavy atom. The molecule has 0 saturated carbocycles. The zero-order valence-corrected chi connectivity index (χ0v) is 13.5. The lowest BCUT2D eigenvalue weighted by atomic mass is 10.2. The van der Waals surface area contributed by atoms with Crippen LogP contribution in [0.2, 0.25) is 0 Å². The molecule has 0 aliphatic rings. The van der Waals surface area contributed by atoms with Gasteiger partial charge in [-0.2, -0.15) is 0 Å². The zero-order chi connectivity index (χ0) is 14.9. The fourth-order valence-corrected chi connectivity index (χ4v) is 3.89. The summed E-state index contributed by atoms with van der Waals surface area (Å²) in [6.45, 7) is 9.37. The molecule has 5 heteroatoms. The minimum Gasteiger partial charge on any atom is -0.339 e. The molecule has 0 aliphatic heterocycles. The summed E-state index contributed by atoms with van der Waals surface area (Å²) in [4.78, 5) is 8.57. The topological polar surface area (TPSA) is 54.9 Å². The normalized spacial score (nSPS) is 11.4. The van der Waals surface area contributed by atoms with Crippen molar-refractivity contribution in [3.05, 3.63) is 41.3 Å². The molecule has 20 heavy (non-hydrogen) atoms. The number of nitrogens with one attached hydrogen (secondary N) is 1. The number of hydrogen-bond donors (Lipinski definition) is 1. The van der Waals surface area contributed by atoms with Gasteiger partial charge < -0.3 is 9.88 Å². The lowest BCUT2D eigenvalue weighted by Crippen LogP contribution is -2.14. The van der Waals surface area contributed by atoms with Crippen LogP contribution in [0.5, 0.6) is 0 Å². The molecular formula is C15H20N3OP. The molecule has 0 unspecified atom stereocenters. The summed E-state index contributed by atoms with van der Waals surface area (Å²) in [7, 11) is -2.36. The van der Waals surface area contributed by atoms with E-state index in [0.29, 0.717) is 5.82 Å². The summed E-state index contributed by atoms with van der Waals surface area (Å²) < 4.78 is 12.5. The van der Waals surface area contributed by atoms with Gasteiger partial charge in [0, 0.05) is 17.1 Å². The first-order valence-electron chi connectivity index (χ1n) is 6.51. The van der Waals surface area contributed by atoms with Crippen LogP contribution in [0.15, 0.2) is 24.4 Å². The monoisotopic (exact) mass is 289 g/mol. The van der Waals surface area contributed by atoms with Gasteiger partial charge in [0.15, 0.2) is 0 Å². The minimum atomic E-state index is -2.36. The molecule has 1 aromatic heterocycles. The SMILES string of the molecule is Cc1ncc(C)c(Nc2cccc(C)c2P(C)(C)=O)n1. The molecule has 0 aliphatic carbocycles. The quantitative estimate of drug-likeness (QED) is 0.880. The van der Waals surface area contributed by atoms with Gasteiger partial charge in [-0.1, -0.05) is 12.1 Å². The first-order valence-corrected chi connectivity index (χ1v) is 9.11. The van der Waals surface area contributed by atoms with Gasteiger partial charge in [-0.05, 0) is 45.7 Å². The van der Waals surface area contributed by atoms with Crippen LogP contribution >= 0.6 is 7.14 Å². The van der Waals surface area contributed by atoms with E-state index in [-0.39, 0.29) is 0 Å². The van der Waals surface area contributed by atoms with Crippen LogP contribution in [0.3, 0.4) is 0 Å². The third-order valence-electron chi connectivity index (χ3n) is 3.12. The summed E-state index contributed by atoms with van der Waals surface area (Å²) in [6, 6.07) is 5.89. The van der Waals surface area contributed by atoms with E-state index in [4.69, 9.17) is 0 Å². The number of aryl methyl sites for hydroxylation is 3. The van der Waals surface area contributed by atoms with Crippen molar-refractivity contribution in [2.75, 3.05) is 18.6 Å². The highest BCUT2D eigenvalue weighted by Gasteiger charge is 2.19. The van der Waals surface area contributed by atoms with Crippen LogP contribution in [0.4, 0.5) is 11.5 Å². The van der Waals surface area contributed by atoms with Gasteiger partial charge >= 0.3 is 0 Å². The maximum atomic E-state index is 12.5. The summed E-state index contributed by atoms with van der Waals surface area (Å²) >= 11 is 0. The Balaban J connectivity index is 2.52. The van der Waals surface area contributed by atoms with Gasteiger partial charge in [0.25, 0.3) is 0 Å². The van der Waals surface area contributed by atoms with Crippen molar-refractivity contribution in [3.8, 4) is 0 Å². The predicted molar refractivity (Wildman–Crippen MR) is 85.1 cm³/mol. The number of benzene rings is 1. The fraction of sp³-hybridized carbons (Fsp3) is 0.333. The zero-order valence-electron chi connectivity index (χ0n) is 12.6. The maximum Gasteiger partial charge on any atom is 0.137 e. The predicted octanol–water partition coefficient (Wildman–Crippen LogP) is 3.39. The Kier molecular flexibility index (Phi) is 3.96. The Hall–Kier alpha value is -1.67. The molecule has 2 rings (SSSR count). The lowest BCUT2D eigenvalue weighted by molar-refractivity contribution is 0.588. The average Bonchev–Trinajstić information content (AvgIpc) is 2.32. The largest absolute Gasteiger partial charge is 0.339 e. The first kappa shape index (κ1) is 14.7. The molecule has 0 bridgehead atoms. The molecule has 0 fully saturated rings. The second-order valence-electron chi connectivity index (χ2n) is 5.40. The van der Waals surface area contributed by atoms with Crippen molar-refractivity contribution in [2.24, 2.45) is 0 Å². The van der Waals surface area contributed by atoms with Gasteiger partial charge in [0.2, 0.25) is 0 Å². The summed E-state index contributed by atoms with van der Waals surface area (Å²) in [5, 5.41) is 4.19. The fourth-order valence-electron chi connectivity index (χ4n) is 2.26. The minimum absolute atomic E-state index is 0.712. The van der Waals surface area contributed by atoms with E-state index in [2.05, 4.69) is 15.3 Å². The second kappa shape index (κ2) is 5.37. The van der Waals surface area contributed by atoms with E-state index in [0.717, 1.165) is 27.9 Å². The van der Waals surface area contributed by atoms with Crippen molar-refractivity contribution in [2.45, 2.75) is 20.8 Å². The van der Waals surface area contributed by atoms with E-state index in [1.54, 1.807) is 19.5 Å². The number of nitrogens with zero attached hydrogens (tertiary/aromatic N) is 2. The third-order valence-corrected chi connectivity index (χ3v) is 4.79. The lowest BCUT2D eigenvalue weighted by Gasteiger charge is -2.18. The maximum absolute atomic E-state index is 12.5. The molecular weight excluding hydrogens is 269 g/mol. The molecule has 0 radical (unpaired) electrons. The summed E-state index contributed by atoms with van der Waals surface area (Å²) in [5.74, 6) is 1.47. The van der Waals surface area contributed by atoms with Crippen LogP contribution in [0, 0.1) is 20.8 Å². The number of hydrogen-bond acceptors (Lipinski definition) is 4. The second-order valence-corrected chi connectivity index (χ2v) is 8.54. The van der Waals surface area contributed by atoms with E-state index in [9.17, 15) is 4.57 Å². The van der Waals surface area contributed by atoms with Gasteiger partial charge in [0.05, 0.1) is 5.69 Å². The molecule has 0 amide bonds. The highest BCUT2D eigenvalue weighted by molar-refractivity contribution is 7.70. The first-order chi connectivity index (χ1) is 9.29. The van der Waals surface area contributed by atoms with Crippen molar-refractivity contribution in [1.82, 2.24) is 9.97 Å². The van der Waals surface area contributed by atoms with Gasteiger partial charge in [-0.15, -0.1) is 0 Å². The van der Waals surface area contributed by atoms with Crippen molar-refractivity contribution < 1.29 is 4.57 Å². The summed E-state index contributed by atoms with van der Waals surface area (Å²) in [6.07, 6.45) is 1.79. The van der Waals surface area contributed by atoms with Crippen LogP contribution in [0.1, 0.15) is 17.0 Å². The Bertz CT molecular complexity index is 692. The van der Waals surface area contributed by atoms with Crippen LogP contribution in [0.25, 0.3) is 0 Å². The van der Waals surface area contributed by atoms with Gasteiger partial charge in [-0.25, -0.2) is 9.97 Å². The molecule has 1 N–H and O–H groups in total. The molecule has 1 heterocycles. The van der Waals surface area contributed by atoms with Crippen molar-refractivity contribution in [1.29, 1.82) is 0 Å². The molecule has 106 valence electrons. The van der Waals surface area contributed by atoms with Crippen molar-refractivity contribution in [3.63, 3.8) is 0 Å². The molecule has 1 aromatic carbocycles. The van der Waals surface area contributed by atoms with Crippen molar-refractivity contribution >= 4 is 24.0 Å². The molecule has 4 nitrogen and oxygen atoms in total. The highest BCUT2D eigenvalue weighted by atomic mass is 31.2. The number of rotatable bonds is 3. The number of anilines is 2. The van der Waals surface area contributed by atoms with Crippen LogP contribution in [-0.4, -0.2) is 23.3 Å². The Labute approximate surface area is 120 Å². The Morgan fingerprint density at radius 2 is 1.80 bits per heavy atom. The van der Waals surface area contributed by atoms with E-state index < -0.39 is 7.14 Å². The van der Waals surface area contributed by atoms with E-state index >= 15 is 0 Å². The third kappa shape index (κ3) is 3.07. The highest BCUT2D eigenvalue weighted by Crippen LogP contribution is 2.39. The molecule has 0 saturated heterocycles. The molecule has 0 spiro atoms. The van der Waals surface area contributed by atoms with Crippen LogP contribution < -0.4 is 10.6 Å². The molecule has 2 aromatic rings. The smallest absolute Gasteiger partial charge is 0.137 e.